The predicted octanol–water partition coefficient (Wildman–Crippen LogP) is 14.4. The Balaban J connectivity index is 1.07. The summed E-state index contributed by atoms with van der Waals surface area (Å²) in [4.78, 5) is 15.8. The number of hydrogen-bond acceptors (Lipinski definition) is 3. The van der Waals surface area contributed by atoms with Crippen molar-refractivity contribution in [2.24, 2.45) is 0 Å². The number of hydrogen-bond donors (Lipinski definition) is 0. The van der Waals surface area contributed by atoms with Gasteiger partial charge in [0.2, 0.25) is 0 Å². The molecular weight excluding hydrogens is 739 g/mol. The Hall–Kier alpha value is -8.01. The summed E-state index contributed by atoms with van der Waals surface area (Å²) in [5.74, 6) is 0.697. The molecule has 12 rings (SSSR count). The summed E-state index contributed by atoms with van der Waals surface area (Å²) in [7, 11) is 0. The van der Waals surface area contributed by atoms with Crippen LogP contribution in [-0.4, -0.2) is 15.0 Å². The van der Waals surface area contributed by atoms with Crippen molar-refractivity contribution >= 4 is 32.6 Å². The van der Waals surface area contributed by atoms with Crippen molar-refractivity contribution in [3.63, 3.8) is 0 Å². The molecule has 0 saturated heterocycles. The fourth-order valence-corrected chi connectivity index (χ4v) is 9.79. The number of aromatic nitrogens is 3. The van der Waals surface area contributed by atoms with Crippen LogP contribution in [0.25, 0.3) is 88.7 Å². The minimum Gasteiger partial charge on any atom is -0.247 e. The van der Waals surface area contributed by atoms with Crippen LogP contribution in [-0.2, 0) is 5.41 Å². The van der Waals surface area contributed by atoms with Gasteiger partial charge in [0.15, 0.2) is 5.82 Å². The summed E-state index contributed by atoms with van der Waals surface area (Å²) in [5.41, 5.74) is 16.1. The second-order valence-electron chi connectivity index (χ2n) is 15.9. The van der Waals surface area contributed by atoms with Gasteiger partial charge in [-0.25, -0.2) is 15.0 Å². The molecular formula is C58H37N3. The summed E-state index contributed by atoms with van der Waals surface area (Å²) in [6.07, 6.45) is 0. The lowest BCUT2D eigenvalue weighted by atomic mass is 9.67. The van der Waals surface area contributed by atoms with Gasteiger partial charge in [-0.1, -0.05) is 194 Å². The largest absolute Gasteiger partial charge is 0.247 e. The Labute approximate surface area is 354 Å². The van der Waals surface area contributed by atoms with Gasteiger partial charge in [-0.3, -0.25) is 0 Å². The molecule has 0 N–H and O–H groups in total. The molecule has 0 bridgehead atoms. The monoisotopic (exact) mass is 775 g/mol. The number of fused-ring (bicyclic) bond motifs is 7. The van der Waals surface area contributed by atoms with Gasteiger partial charge in [0, 0.05) is 32.8 Å². The maximum atomic E-state index is 5.47. The fourth-order valence-electron chi connectivity index (χ4n) is 9.79. The minimum atomic E-state index is -0.499. The van der Waals surface area contributed by atoms with Crippen LogP contribution < -0.4 is 0 Å². The van der Waals surface area contributed by atoms with Crippen molar-refractivity contribution in [3.8, 4) is 56.2 Å². The molecule has 3 nitrogen and oxygen atoms in total. The molecule has 0 fully saturated rings. The maximum Gasteiger partial charge on any atom is 0.160 e. The zero-order valence-electron chi connectivity index (χ0n) is 33.2. The Bertz CT molecular complexity index is 3410. The summed E-state index contributed by atoms with van der Waals surface area (Å²) in [6, 6.07) is 80.5. The van der Waals surface area contributed by atoms with Gasteiger partial charge >= 0.3 is 0 Å². The van der Waals surface area contributed by atoms with Crippen LogP contribution in [0.3, 0.4) is 0 Å². The highest BCUT2D eigenvalue weighted by molar-refractivity contribution is 6.13. The molecule has 0 saturated carbocycles. The number of nitrogens with zero attached hydrogens (tertiary/aromatic N) is 3. The van der Waals surface area contributed by atoms with Crippen LogP contribution in [0.5, 0.6) is 0 Å². The van der Waals surface area contributed by atoms with Gasteiger partial charge < -0.3 is 0 Å². The van der Waals surface area contributed by atoms with Gasteiger partial charge in [-0.15, -0.1) is 0 Å². The highest BCUT2D eigenvalue weighted by Gasteiger charge is 2.46. The summed E-state index contributed by atoms with van der Waals surface area (Å²) in [6.45, 7) is 0. The van der Waals surface area contributed by atoms with E-state index in [0.717, 1.165) is 60.8 Å². The van der Waals surface area contributed by atoms with Crippen LogP contribution in [0.4, 0.5) is 0 Å². The van der Waals surface area contributed by atoms with Gasteiger partial charge in [0.25, 0.3) is 0 Å². The van der Waals surface area contributed by atoms with Crippen LogP contribution >= 0.6 is 0 Å². The first-order valence-electron chi connectivity index (χ1n) is 20.9. The number of para-hydroxylation sites is 2. The SMILES string of the molecule is c1ccc(-c2ccc(-c3nc(-c4cccc(-c5nc6ccccc6c6cc7c(cc56)-c5ccccc5C7(c5ccccc5)c5ccccc5)c4)c4ccccc4n3)cc2)cc1. The highest BCUT2D eigenvalue weighted by Crippen LogP contribution is 2.57. The van der Waals surface area contributed by atoms with E-state index < -0.39 is 5.41 Å². The zero-order valence-corrected chi connectivity index (χ0v) is 33.2. The third kappa shape index (κ3) is 5.55. The predicted molar refractivity (Wildman–Crippen MR) is 251 cm³/mol. The van der Waals surface area contributed by atoms with Crippen molar-refractivity contribution in [2.75, 3.05) is 0 Å². The smallest absolute Gasteiger partial charge is 0.160 e. The van der Waals surface area contributed by atoms with Crippen LogP contribution in [0.1, 0.15) is 22.3 Å². The van der Waals surface area contributed by atoms with Crippen LogP contribution in [0, 0.1) is 0 Å². The molecule has 2 heterocycles. The molecule has 9 aromatic carbocycles. The first-order valence-corrected chi connectivity index (χ1v) is 20.9. The number of benzene rings is 9. The van der Waals surface area contributed by atoms with Gasteiger partial charge in [-0.2, -0.15) is 0 Å². The molecule has 0 atom stereocenters. The normalized spacial score (nSPS) is 12.7. The van der Waals surface area contributed by atoms with E-state index in [1.165, 1.54) is 44.3 Å². The van der Waals surface area contributed by atoms with E-state index in [4.69, 9.17) is 15.0 Å². The van der Waals surface area contributed by atoms with Crippen molar-refractivity contribution in [1.29, 1.82) is 0 Å². The van der Waals surface area contributed by atoms with Gasteiger partial charge in [0.05, 0.1) is 27.8 Å². The van der Waals surface area contributed by atoms with E-state index in [1.807, 2.05) is 12.1 Å². The van der Waals surface area contributed by atoms with Gasteiger partial charge in [0.1, 0.15) is 0 Å². The van der Waals surface area contributed by atoms with Crippen molar-refractivity contribution in [2.45, 2.75) is 5.41 Å². The molecule has 0 spiro atoms. The van der Waals surface area contributed by atoms with Crippen LogP contribution in [0.15, 0.2) is 224 Å². The number of pyridine rings is 1. The number of rotatable bonds is 6. The van der Waals surface area contributed by atoms with Crippen LogP contribution in [0.2, 0.25) is 0 Å². The molecule has 0 radical (unpaired) electrons. The van der Waals surface area contributed by atoms with Gasteiger partial charge in [-0.05, 0) is 80.2 Å². The molecule has 61 heavy (non-hydrogen) atoms. The van der Waals surface area contributed by atoms with E-state index in [0.29, 0.717) is 5.82 Å². The first kappa shape index (κ1) is 35.0. The molecule has 1 aliphatic carbocycles. The second kappa shape index (κ2) is 14.1. The molecule has 1 aliphatic rings. The Morgan fingerprint density at radius 1 is 0.279 bits per heavy atom. The average molecular weight is 776 g/mol. The second-order valence-corrected chi connectivity index (χ2v) is 15.9. The standard InChI is InChI=1S/C58H37N3/c1-4-17-38(18-5-1)39-31-33-40(34-32-39)57-60-54-30-15-12-27-47(54)55(61-57)41-19-16-20-42(35-41)56-50-36-49-45-25-10-13-28-51(45)58(43-21-6-2-7-22-43,44-23-8-3-9-24-44)52(49)37-48(50)46-26-11-14-29-53(46)59-56/h1-37H. The lowest BCUT2D eigenvalue weighted by Crippen LogP contribution is -2.28. The fraction of sp³-hybridized carbons (Fsp3) is 0.0172. The average Bonchev–Trinajstić information content (AvgIpc) is 3.63. The van der Waals surface area contributed by atoms with E-state index in [9.17, 15) is 0 Å². The molecule has 0 unspecified atom stereocenters. The Morgan fingerprint density at radius 2 is 0.803 bits per heavy atom. The summed E-state index contributed by atoms with van der Waals surface area (Å²) < 4.78 is 0. The summed E-state index contributed by atoms with van der Waals surface area (Å²) in [5, 5.41) is 4.44. The molecule has 3 heteroatoms. The highest BCUT2D eigenvalue weighted by atomic mass is 14.9. The molecule has 0 amide bonds. The van der Waals surface area contributed by atoms with E-state index in [-0.39, 0.29) is 0 Å². The summed E-state index contributed by atoms with van der Waals surface area (Å²) >= 11 is 0. The minimum absolute atomic E-state index is 0.499. The van der Waals surface area contributed by atoms with Crippen molar-refractivity contribution in [3.05, 3.63) is 247 Å². The molecule has 0 aliphatic heterocycles. The third-order valence-corrected chi connectivity index (χ3v) is 12.5. The topological polar surface area (TPSA) is 38.7 Å². The van der Waals surface area contributed by atoms with E-state index in [2.05, 4.69) is 212 Å². The molecule has 11 aromatic rings. The zero-order chi connectivity index (χ0) is 40.3. The van der Waals surface area contributed by atoms with Crippen molar-refractivity contribution < 1.29 is 0 Å². The lowest BCUT2D eigenvalue weighted by Gasteiger charge is -2.34. The first-order chi connectivity index (χ1) is 30.2. The quantitative estimate of drug-likeness (QED) is 0.158. The van der Waals surface area contributed by atoms with Crippen molar-refractivity contribution in [1.82, 2.24) is 15.0 Å². The lowest BCUT2D eigenvalue weighted by molar-refractivity contribution is 0.769. The Kier molecular flexibility index (Phi) is 8.07. The Morgan fingerprint density at radius 3 is 1.51 bits per heavy atom. The van der Waals surface area contributed by atoms with E-state index in [1.54, 1.807) is 0 Å². The van der Waals surface area contributed by atoms with E-state index >= 15 is 0 Å². The molecule has 284 valence electrons. The maximum absolute atomic E-state index is 5.47. The molecule has 2 aromatic heterocycles. The third-order valence-electron chi connectivity index (χ3n) is 12.5.